The van der Waals surface area contributed by atoms with Gasteiger partial charge in [0.25, 0.3) is 0 Å². The summed E-state index contributed by atoms with van der Waals surface area (Å²) >= 11 is 8.00. The third kappa shape index (κ3) is 7.21. The summed E-state index contributed by atoms with van der Waals surface area (Å²) in [5.74, 6) is 1.75. The third-order valence-electron chi connectivity index (χ3n) is 3.09. The van der Waals surface area contributed by atoms with E-state index in [0.717, 1.165) is 24.7 Å². The van der Waals surface area contributed by atoms with Gasteiger partial charge in [-0.15, -0.1) is 0 Å². The van der Waals surface area contributed by atoms with Crippen molar-refractivity contribution in [2.75, 3.05) is 38.8 Å². The van der Waals surface area contributed by atoms with Gasteiger partial charge in [-0.1, -0.05) is 23.7 Å². The number of benzene rings is 1. The van der Waals surface area contributed by atoms with Crippen LogP contribution >= 0.6 is 23.4 Å². The molecule has 0 bridgehead atoms. The Kier molecular flexibility index (Phi) is 9.35. The van der Waals surface area contributed by atoms with Crippen molar-refractivity contribution in [3.05, 3.63) is 34.9 Å². The van der Waals surface area contributed by atoms with Gasteiger partial charge in [-0.25, -0.2) is 0 Å². The van der Waals surface area contributed by atoms with Crippen LogP contribution in [-0.4, -0.2) is 38.8 Å². The molecule has 0 saturated carbocycles. The van der Waals surface area contributed by atoms with E-state index in [1.54, 1.807) is 7.11 Å². The Hall–Kier alpha value is -0.220. The molecule has 0 fully saturated rings. The highest BCUT2D eigenvalue weighted by atomic mass is 35.5. The normalized spacial score (nSPS) is 12.6. The molecule has 1 N–H and O–H groups in total. The monoisotopic (exact) mass is 301 g/mol. The first-order valence-electron chi connectivity index (χ1n) is 6.72. The van der Waals surface area contributed by atoms with E-state index in [1.165, 1.54) is 24.2 Å². The molecule has 0 aliphatic heterocycles. The average molecular weight is 302 g/mol. The van der Waals surface area contributed by atoms with Gasteiger partial charge >= 0.3 is 0 Å². The highest BCUT2D eigenvalue weighted by Crippen LogP contribution is 2.24. The van der Waals surface area contributed by atoms with Gasteiger partial charge in [0.1, 0.15) is 0 Å². The first-order valence-corrected chi connectivity index (χ1v) is 8.49. The van der Waals surface area contributed by atoms with Crippen LogP contribution in [-0.2, 0) is 4.74 Å². The quantitative estimate of drug-likeness (QED) is 0.664. The molecule has 2 nitrogen and oxygen atoms in total. The second-order valence-electron chi connectivity index (χ2n) is 4.58. The summed E-state index contributed by atoms with van der Waals surface area (Å²) < 4.78 is 5.06. The molecule has 0 aromatic heterocycles. The van der Waals surface area contributed by atoms with Crippen molar-refractivity contribution in [1.82, 2.24) is 5.32 Å². The van der Waals surface area contributed by atoms with Crippen LogP contribution in [0.3, 0.4) is 0 Å². The molecule has 1 rings (SSSR count). The van der Waals surface area contributed by atoms with E-state index < -0.39 is 0 Å². The van der Waals surface area contributed by atoms with E-state index in [2.05, 4.69) is 23.7 Å². The zero-order valence-electron chi connectivity index (χ0n) is 11.8. The van der Waals surface area contributed by atoms with Crippen molar-refractivity contribution < 1.29 is 4.74 Å². The lowest BCUT2D eigenvalue weighted by atomic mass is 9.94. The number of hydrogen-bond acceptors (Lipinski definition) is 3. The molecule has 1 unspecified atom stereocenters. The van der Waals surface area contributed by atoms with Gasteiger partial charge in [-0.3, -0.25) is 0 Å². The molecule has 0 saturated heterocycles. The summed E-state index contributed by atoms with van der Waals surface area (Å²) in [6, 6.07) is 8.23. The van der Waals surface area contributed by atoms with Crippen LogP contribution in [0.2, 0.25) is 5.02 Å². The van der Waals surface area contributed by atoms with E-state index >= 15 is 0 Å². The maximum atomic E-state index is 6.09. The van der Waals surface area contributed by atoms with Gasteiger partial charge in [-0.05, 0) is 48.5 Å². The van der Waals surface area contributed by atoms with E-state index in [0.29, 0.717) is 5.92 Å². The average Bonchev–Trinajstić information content (AvgIpc) is 2.41. The zero-order valence-corrected chi connectivity index (χ0v) is 13.4. The fourth-order valence-electron chi connectivity index (χ4n) is 2.07. The second-order valence-corrected chi connectivity index (χ2v) is 6.01. The van der Waals surface area contributed by atoms with Gasteiger partial charge in [0.15, 0.2) is 0 Å². The van der Waals surface area contributed by atoms with Crippen LogP contribution in [0.15, 0.2) is 24.3 Å². The number of hydrogen-bond donors (Lipinski definition) is 1. The smallest absolute Gasteiger partial charge is 0.0587 e. The van der Waals surface area contributed by atoms with Crippen LogP contribution < -0.4 is 5.32 Å². The Morgan fingerprint density at radius 2 is 2.26 bits per heavy atom. The maximum absolute atomic E-state index is 6.09. The first kappa shape index (κ1) is 16.8. The lowest BCUT2D eigenvalue weighted by Gasteiger charge is -2.18. The number of halogens is 1. The Labute approximate surface area is 126 Å². The van der Waals surface area contributed by atoms with Crippen LogP contribution in [0, 0.1) is 0 Å². The highest BCUT2D eigenvalue weighted by molar-refractivity contribution is 7.98. The SMILES string of the molecule is COCCNCC(CCCSC)c1cccc(Cl)c1. The van der Waals surface area contributed by atoms with Crippen LogP contribution in [0.25, 0.3) is 0 Å². The predicted molar refractivity (Wildman–Crippen MR) is 86.6 cm³/mol. The number of rotatable bonds is 10. The number of nitrogens with one attached hydrogen (secondary N) is 1. The zero-order chi connectivity index (χ0) is 13.9. The van der Waals surface area contributed by atoms with Crippen LogP contribution in [0.5, 0.6) is 0 Å². The fraction of sp³-hybridized carbons (Fsp3) is 0.600. The van der Waals surface area contributed by atoms with Crippen LogP contribution in [0.1, 0.15) is 24.3 Å². The molecule has 19 heavy (non-hydrogen) atoms. The number of ether oxygens (including phenoxy) is 1. The Bertz CT molecular complexity index is 349. The molecule has 0 radical (unpaired) electrons. The van der Waals surface area contributed by atoms with E-state index in [-0.39, 0.29) is 0 Å². The minimum atomic E-state index is 0.530. The number of thioether (sulfide) groups is 1. The summed E-state index contributed by atoms with van der Waals surface area (Å²) in [5.41, 5.74) is 1.33. The van der Waals surface area contributed by atoms with E-state index in [1.807, 2.05) is 23.9 Å². The van der Waals surface area contributed by atoms with Crippen molar-refractivity contribution in [3.63, 3.8) is 0 Å². The van der Waals surface area contributed by atoms with Gasteiger partial charge in [0.2, 0.25) is 0 Å². The molecular weight excluding hydrogens is 278 g/mol. The molecule has 1 atom stereocenters. The second kappa shape index (κ2) is 10.6. The molecule has 0 heterocycles. The predicted octanol–water partition coefficient (Wildman–Crippen LogP) is 3.80. The van der Waals surface area contributed by atoms with Crippen LogP contribution in [0.4, 0.5) is 0 Å². The van der Waals surface area contributed by atoms with E-state index in [4.69, 9.17) is 16.3 Å². The third-order valence-corrected chi connectivity index (χ3v) is 4.03. The lowest BCUT2D eigenvalue weighted by Crippen LogP contribution is -2.25. The standard InChI is InChI=1S/C15H24ClNOS/c1-18-9-8-17-12-14(6-4-10-19-2)13-5-3-7-15(16)11-13/h3,5,7,11,14,17H,4,6,8-10,12H2,1-2H3. The molecule has 0 aliphatic carbocycles. The molecule has 4 heteroatoms. The van der Waals surface area contributed by atoms with Crippen molar-refractivity contribution in [3.8, 4) is 0 Å². The summed E-state index contributed by atoms with van der Waals surface area (Å²) in [6.45, 7) is 2.64. The van der Waals surface area contributed by atoms with E-state index in [9.17, 15) is 0 Å². The minimum absolute atomic E-state index is 0.530. The summed E-state index contributed by atoms with van der Waals surface area (Å²) in [7, 11) is 1.73. The molecule has 1 aromatic carbocycles. The molecule has 0 aliphatic rings. The van der Waals surface area contributed by atoms with Gasteiger partial charge in [-0.2, -0.15) is 11.8 Å². The van der Waals surface area contributed by atoms with Crippen molar-refractivity contribution in [2.45, 2.75) is 18.8 Å². The topological polar surface area (TPSA) is 21.3 Å². The highest BCUT2D eigenvalue weighted by Gasteiger charge is 2.11. The molecule has 0 spiro atoms. The van der Waals surface area contributed by atoms with Gasteiger partial charge in [0, 0.05) is 25.2 Å². The Morgan fingerprint density at radius 1 is 1.42 bits per heavy atom. The van der Waals surface area contributed by atoms with Gasteiger partial charge in [0.05, 0.1) is 6.61 Å². The van der Waals surface area contributed by atoms with Crippen molar-refractivity contribution in [1.29, 1.82) is 0 Å². The summed E-state index contributed by atoms with van der Waals surface area (Å²) in [6.07, 6.45) is 4.59. The lowest BCUT2D eigenvalue weighted by molar-refractivity contribution is 0.198. The van der Waals surface area contributed by atoms with Crippen molar-refractivity contribution in [2.24, 2.45) is 0 Å². The Balaban J connectivity index is 2.52. The molecule has 0 amide bonds. The maximum Gasteiger partial charge on any atom is 0.0587 e. The molecule has 108 valence electrons. The van der Waals surface area contributed by atoms with Crippen molar-refractivity contribution >= 4 is 23.4 Å². The largest absolute Gasteiger partial charge is 0.383 e. The number of methoxy groups -OCH3 is 1. The van der Waals surface area contributed by atoms with Gasteiger partial charge < -0.3 is 10.1 Å². The molecular formula is C15H24ClNOS. The minimum Gasteiger partial charge on any atom is -0.383 e. The Morgan fingerprint density at radius 3 is 2.95 bits per heavy atom. The fourth-order valence-corrected chi connectivity index (χ4v) is 2.73. The summed E-state index contributed by atoms with van der Waals surface area (Å²) in [5, 5.41) is 4.28. The summed E-state index contributed by atoms with van der Waals surface area (Å²) in [4.78, 5) is 0. The first-order chi connectivity index (χ1) is 9.27. The molecule has 1 aromatic rings.